The Hall–Kier alpha value is -1.15. The summed E-state index contributed by atoms with van der Waals surface area (Å²) in [5.74, 6) is 0.823. The predicted octanol–water partition coefficient (Wildman–Crippen LogP) is 3.17. The molecule has 92 valence electrons. The van der Waals surface area contributed by atoms with Gasteiger partial charge in [-0.3, -0.25) is 4.79 Å². The molecule has 17 heavy (non-hydrogen) atoms. The summed E-state index contributed by atoms with van der Waals surface area (Å²) in [5.41, 5.74) is 0.675. The minimum absolute atomic E-state index is 0.155. The maximum Gasteiger partial charge on any atom is 0.167 e. The number of hydrogen-bond donors (Lipinski definition) is 0. The van der Waals surface area contributed by atoms with E-state index in [0.29, 0.717) is 5.92 Å². The molecule has 3 atom stereocenters. The lowest BCUT2D eigenvalue weighted by Gasteiger charge is -2.25. The highest BCUT2D eigenvalue weighted by Gasteiger charge is 2.49. The monoisotopic (exact) mass is 232 g/mol. The molecule has 1 aliphatic carbocycles. The fourth-order valence-electron chi connectivity index (χ4n) is 2.36. The van der Waals surface area contributed by atoms with Crippen molar-refractivity contribution in [1.29, 1.82) is 0 Å². The van der Waals surface area contributed by atoms with E-state index in [4.69, 9.17) is 4.74 Å². The van der Waals surface area contributed by atoms with Crippen LogP contribution in [0.25, 0.3) is 0 Å². The Morgan fingerprint density at radius 2 is 2.06 bits per heavy atom. The molecule has 0 aromatic heterocycles. The van der Waals surface area contributed by atoms with E-state index >= 15 is 0 Å². The molecular weight excluding hydrogens is 212 g/mol. The molecule has 0 saturated heterocycles. The average molecular weight is 232 g/mol. The summed E-state index contributed by atoms with van der Waals surface area (Å²) in [7, 11) is 1.63. The van der Waals surface area contributed by atoms with Gasteiger partial charge in [0.2, 0.25) is 0 Å². The van der Waals surface area contributed by atoms with E-state index in [2.05, 4.69) is 12.1 Å². The van der Waals surface area contributed by atoms with Gasteiger partial charge < -0.3 is 4.74 Å². The van der Waals surface area contributed by atoms with Crippen LogP contribution < -0.4 is 0 Å². The number of carbonyl (C=O) groups excluding carboxylic acids is 1. The van der Waals surface area contributed by atoms with Gasteiger partial charge in [0.15, 0.2) is 5.78 Å². The number of rotatable bonds is 5. The quantitative estimate of drug-likeness (QED) is 0.779. The molecule has 0 bridgehead atoms. The Bertz CT molecular complexity index is 393. The third kappa shape index (κ3) is 2.27. The Morgan fingerprint density at radius 1 is 1.41 bits per heavy atom. The molecule has 0 aliphatic heterocycles. The van der Waals surface area contributed by atoms with E-state index in [9.17, 15) is 4.79 Å². The second-order valence-corrected chi connectivity index (χ2v) is 5.01. The minimum atomic E-state index is -0.603. The number of hydrogen-bond acceptors (Lipinski definition) is 2. The van der Waals surface area contributed by atoms with Gasteiger partial charge in [0.1, 0.15) is 5.60 Å². The first-order valence-electron chi connectivity index (χ1n) is 6.27. The maximum atomic E-state index is 12.3. The van der Waals surface area contributed by atoms with E-state index in [1.165, 1.54) is 5.56 Å². The van der Waals surface area contributed by atoms with Crippen LogP contribution in [0.1, 0.15) is 38.2 Å². The molecule has 0 amide bonds. The normalized spacial score (nSPS) is 26.3. The van der Waals surface area contributed by atoms with Crippen molar-refractivity contribution in [1.82, 2.24) is 0 Å². The molecule has 2 nitrogen and oxygen atoms in total. The van der Waals surface area contributed by atoms with Crippen molar-refractivity contribution in [3.8, 4) is 0 Å². The van der Waals surface area contributed by atoms with Gasteiger partial charge in [-0.15, -0.1) is 0 Å². The number of methoxy groups -OCH3 is 1. The molecular formula is C15H20O2. The molecule has 1 aromatic carbocycles. The van der Waals surface area contributed by atoms with Crippen molar-refractivity contribution in [3.63, 3.8) is 0 Å². The van der Waals surface area contributed by atoms with Gasteiger partial charge in [0, 0.05) is 13.0 Å². The second kappa shape index (κ2) is 4.61. The van der Waals surface area contributed by atoms with Crippen LogP contribution in [0.4, 0.5) is 0 Å². The molecule has 0 heterocycles. The third-order valence-electron chi connectivity index (χ3n) is 4.00. The van der Waals surface area contributed by atoms with Gasteiger partial charge in [-0.1, -0.05) is 37.3 Å². The molecule has 1 aromatic rings. The smallest absolute Gasteiger partial charge is 0.167 e. The van der Waals surface area contributed by atoms with Crippen LogP contribution >= 0.6 is 0 Å². The molecule has 0 spiro atoms. The molecule has 3 unspecified atom stereocenters. The van der Waals surface area contributed by atoms with Crippen LogP contribution in [0, 0.1) is 5.92 Å². The molecule has 1 aliphatic rings. The summed E-state index contributed by atoms with van der Waals surface area (Å²) in [6.45, 7) is 3.90. The lowest BCUT2D eigenvalue weighted by molar-refractivity contribution is -0.140. The van der Waals surface area contributed by atoms with Crippen molar-refractivity contribution < 1.29 is 9.53 Å². The third-order valence-corrected chi connectivity index (χ3v) is 4.00. The van der Waals surface area contributed by atoms with E-state index in [1.54, 1.807) is 7.11 Å². The largest absolute Gasteiger partial charge is 0.371 e. The first-order chi connectivity index (χ1) is 8.12. The minimum Gasteiger partial charge on any atom is -0.371 e. The second-order valence-electron chi connectivity index (χ2n) is 5.01. The molecule has 2 heteroatoms. The highest BCUT2D eigenvalue weighted by atomic mass is 16.5. The fraction of sp³-hybridized carbons (Fsp3) is 0.533. The highest BCUT2D eigenvalue weighted by Crippen LogP contribution is 2.50. The summed E-state index contributed by atoms with van der Waals surface area (Å²) in [6.07, 6.45) is 1.71. The van der Waals surface area contributed by atoms with Crippen molar-refractivity contribution in [2.75, 3.05) is 7.11 Å². The number of carbonyl (C=O) groups is 1. The zero-order valence-electron chi connectivity index (χ0n) is 10.8. The summed E-state index contributed by atoms with van der Waals surface area (Å²) in [5, 5.41) is 0. The van der Waals surface area contributed by atoms with Crippen LogP contribution in [0.5, 0.6) is 0 Å². The van der Waals surface area contributed by atoms with Crippen LogP contribution in [-0.4, -0.2) is 18.5 Å². The summed E-state index contributed by atoms with van der Waals surface area (Å²) in [4.78, 5) is 12.3. The topological polar surface area (TPSA) is 26.3 Å². The predicted molar refractivity (Wildman–Crippen MR) is 68.0 cm³/mol. The van der Waals surface area contributed by atoms with Crippen LogP contribution in [0.15, 0.2) is 30.3 Å². The van der Waals surface area contributed by atoms with Crippen LogP contribution in [0.3, 0.4) is 0 Å². The van der Waals surface area contributed by atoms with Crippen molar-refractivity contribution >= 4 is 5.78 Å². The van der Waals surface area contributed by atoms with Gasteiger partial charge in [-0.2, -0.15) is 0 Å². The summed E-state index contributed by atoms with van der Waals surface area (Å²) >= 11 is 0. The SMILES string of the molecule is CCC(C)(OC)C(=O)C1CC1c1ccccc1. The number of ketones is 1. The summed E-state index contributed by atoms with van der Waals surface area (Å²) < 4.78 is 5.38. The van der Waals surface area contributed by atoms with E-state index in [-0.39, 0.29) is 11.7 Å². The standard InChI is InChI=1S/C15H20O2/c1-4-15(2,17-3)14(16)13-10-12(13)11-8-6-5-7-9-11/h5-9,12-13H,4,10H2,1-3H3. The van der Waals surface area contributed by atoms with Crippen molar-refractivity contribution in [2.24, 2.45) is 5.92 Å². The van der Waals surface area contributed by atoms with E-state index in [1.807, 2.05) is 32.0 Å². The zero-order chi connectivity index (χ0) is 12.5. The summed E-state index contributed by atoms with van der Waals surface area (Å²) in [6, 6.07) is 10.3. The maximum absolute atomic E-state index is 12.3. The first kappa shape index (κ1) is 12.3. The lowest BCUT2D eigenvalue weighted by atomic mass is 9.92. The van der Waals surface area contributed by atoms with Crippen LogP contribution in [-0.2, 0) is 9.53 Å². The zero-order valence-corrected chi connectivity index (χ0v) is 10.8. The van der Waals surface area contributed by atoms with Gasteiger partial charge in [-0.05, 0) is 31.2 Å². The molecule has 1 saturated carbocycles. The Morgan fingerprint density at radius 3 is 2.59 bits per heavy atom. The van der Waals surface area contributed by atoms with E-state index < -0.39 is 5.60 Å². The molecule has 2 rings (SSSR count). The van der Waals surface area contributed by atoms with Crippen molar-refractivity contribution in [3.05, 3.63) is 35.9 Å². The number of ether oxygens (including phenoxy) is 1. The lowest BCUT2D eigenvalue weighted by Crippen LogP contribution is -2.38. The average Bonchev–Trinajstić information content (AvgIpc) is 3.18. The number of Topliss-reactive ketones (excluding diaryl/α,β-unsaturated/α-hetero) is 1. The Labute approximate surface area is 103 Å². The number of benzene rings is 1. The highest BCUT2D eigenvalue weighted by molar-refractivity contribution is 5.92. The van der Waals surface area contributed by atoms with E-state index in [0.717, 1.165) is 12.8 Å². The fourth-order valence-corrected chi connectivity index (χ4v) is 2.36. The van der Waals surface area contributed by atoms with Gasteiger partial charge >= 0.3 is 0 Å². The molecule has 1 fully saturated rings. The van der Waals surface area contributed by atoms with Gasteiger partial charge in [0.25, 0.3) is 0 Å². The van der Waals surface area contributed by atoms with Gasteiger partial charge in [-0.25, -0.2) is 0 Å². The first-order valence-corrected chi connectivity index (χ1v) is 6.27. The van der Waals surface area contributed by atoms with Crippen molar-refractivity contribution in [2.45, 2.75) is 38.2 Å². The van der Waals surface area contributed by atoms with Gasteiger partial charge in [0.05, 0.1) is 0 Å². The molecule has 0 radical (unpaired) electrons. The van der Waals surface area contributed by atoms with Crippen LogP contribution in [0.2, 0.25) is 0 Å². The Balaban J connectivity index is 2.06. The molecule has 0 N–H and O–H groups in total. The Kier molecular flexibility index (Phi) is 3.34.